The summed E-state index contributed by atoms with van der Waals surface area (Å²) in [4.78, 5) is 20.2. The SMILES string of the molecule is COCC(=O)N1CCN(Cc2cccc(OCCn3ccnc3)c2)C[C@@](O)(COc2ccc(F)c(F)c2)C1. The van der Waals surface area contributed by atoms with E-state index in [1.165, 1.54) is 18.1 Å². The van der Waals surface area contributed by atoms with Gasteiger partial charge in [0.2, 0.25) is 5.91 Å². The summed E-state index contributed by atoms with van der Waals surface area (Å²) in [7, 11) is 1.44. The highest BCUT2D eigenvalue weighted by Crippen LogP contribution is 2.22. The van der Waals surface area contributed by atoms with E-state index in [1.54, 1.807) is 12.5 Å². The highest BCUT2D eigenvalue weighted by molar-refractivity contribution is 5.77. The Kier molecular flexibility index (Phi) is 9.27. The van der Waals surface area contributed by atoms with Crippen LogP contribution in [0.1, 0.15) is 5.56 Å². The van der Waals surface area contributed by atoms with E-state index in [0.717, 1.165) is 23.4 Å². The van der Waals surface area contributed by atoms with Gasteiger partial charge < -0.3 is 28.8 Å². The number of aliphatic hydroxyl groups is 1. The summed E-state index contributed by atoms with van der Waals surface area (Å²) in [6.07, 6.45) is 5.32. The molecule has 38 heavy (non-hydrogen) atoms. The van der Waals surface area contributed by atoms with Gasteiger partial charge in [0, 0.05) is 51.7 Å². The lowest BCUT2D eigenvalue weighted by Gasteiger charge is -2.33. The second kappa shape index (κ2) is 12.8. The molecule has 0 radical (unpaired) electrons. The highest BCUT2D eigenvalue weighted by atomic mass is 19.2. The van der Waals surface area contributed by atoms with Crippen LogP contribution in [-0.2, 0) is 22.6 Å². The van der Waals surface area contributed by atoms with Crippen LogP contribution in [0.4, 0.5) is 8.78 Å². The summed E-state index contributed by atoms with van der Waals surface area (Å²) in [5, 5.41) is 11.5. The van der Waals surface area contributed by atoms with Crippen LogP contribution in [0.25, 0.3) is 0 Å². The molecular formula is C27H32F2N4O5. The van der Waals surface area contributed by atoms with Crippen LogP contribution in [0.5, 0.6) is 11.5 Å². The number of imidazole rings is 1. The molecule has 0 bridgehead atoms. The number of halogens is 2. The van der Waals surface area contributed by atoms with Gasteiger partial charge in [-0.05, 0) is 29.8 Å². The molecule has 1 saturated heterocycles. The van der Waals surface area contributed by atoms with Crippen LogP contribution in [0.15, 0.2) is 61.2 Å². The van der Waals surface area contributed by atoms with E-state index in [2.05, 4.69) is 4.98 Å². The van der Waals surface area contributed by atoms with E-state index < -0.39 is 17.2 Å². The van der Waals surface area contributed by atoms with Gasteiger partial charge in [-0.15, -0.1) is 0 Å². The Morgan fingerprint density at radius 2 is 1.92 bits per heavy atom. The number of ether oxygens (including phenoxy) is 3. The van der Waals surface area contributed by atoms with E-state index in [4.69, 9.17) is 14.2 Å². The fourth-order valence-corrected chi connectivity index (χ4v) is 4.36. The normalized spacial score (nSPS) is 18.3. The Labute approximate surface area is 220 Å². The molecule has 1 aliphatic heterocycles. The van der Waals surface area contributed by atoms with Crippen molar-refractivity contribution in [2.24, 2.45) is 0 Å². The van der Waals surface area contributed by atoms with E-state index in [0.29, 0.717) is 32.8 Å². The number of amides is 1. The fourth-order valence-electron chi connectivity index (χ4n) is 4.36. The number of benzene rings is 2. The van der Waals surface area contributed by atoms with Gasteiger partial charge in [0.15, 0.2) is 11.6 Å². The van der Waals surface area contributed by atoms with E-state index in [1.807, 2.05) is 39.9 Å². The van der Waals surface area contributed by atoms with Gasteiger partial charge in [-0.2, -0.15) is 0 Å². The fraction of sp³-hybridized carbons (Fsp3) is 0.407. The number of β-amino-alcohol motifs (C(OH)–C–C–N with tert-alkyl or cyclic N) is 1. The lowest BCUT2D eigenvalue weighted by molar-refractivity contribution is -0.138. The van der Waals surface area contributed by atoms with Crippen LogP contribution < -0.4 is 9.47 Å². The number of methoxy groups -OCH3 is 1. The first-order valence-corrected chi connectivity index (χ1v) is 12.3. The Bertz CT molecular complexity index is 1200. The molecule has 4 rings (SSSR count). The van der Waals surface area contributed by atoms with Gasteiger partial charge >= 0.3 is 0 Å². The maximum absolute atomic E-state index is 13.6. The molecule has 1 aliphatic rings. The van der Waals surface area contributed by atoms with Crippen molar-refractivity contribution in [2.45, 2.75) is 18.7 Å². The standard InChI is InChI=1S/C27H32F2N4O5/c1-36-16-26(34)33-10-9-32(17-27(35,18-33)19-38-23-5-6-24(28)25(29)14-23)15-21-3-2-4-22(13-21)37-12-11-31-8-7-30-20-31/h2-8,13-14,20,35H,9-12,15-19H2,1H3/t27-/m0/s1. The predicted octanol–water partition coefficient (Wildman–Crippen LogP) is 2.34. The van der Waals surface area contributed by atoms with Gasteiger partial charge in [-0.1, -0.05) is 12.1 Å². The van der Waals surface area contributed by atoms with Crippen LogP contribution in [0.3, 0.4) is 0 Å². The smallest absolute Gasteiger partial charge is 0.248 e. The monoisotopic (exact) mass is 530 g/mol. The molecule has 11 heteroatoms. The summed E-state index contributed by atoms with van der Waals surface area (Å²) >= 11 is 0. The molecule has 1 N–H and O–H groups in total. The zero-order chi connectivity index (χ0) is 27.0. The molecule has 9 nitrogen and oxygen atoms in total. The van der Waals surface area contributed by atoms with Crippen molar-refractivity contribution in [3.63, 3.8) is 0 Å². The van der Waals surface area contributed by atoms with Gasteiger partial charge in [0.1, 0.15) is 36.9 Å². The molecule has 0 spiro atoms. The van der Waals surface area contributed by atoms with Crippen molar-refractivity contribution >= 4 is 5.91 Å². The first-order chi connectivity index (χ1) is 18.3. The minimum atomic E-state index is -1.47. The third-order valence-electron chi connectivity index (χ3n) is 6.19. The minimum Gasteiger partial charge on any atom is -0.492 e. The Morgan fingerprint density at radius 3 is 2.68 bits per heavy atom. The topological polar surface area (TPSA) is 89.3 Å². The summed E-state index contributed by atoms with van der Waals surface area (Å²) < 4.78 is 45.4. The van der Waals surface area contributed by atoms with E-state index in [9.17, 15) is 18.7 Å². The lowest BCUT2D eigenvalue weighted by atomic mass is 10.0. The molecule has 2 aromatic carbocycles. The number of hydrogen-bond acceptors (Lipinski definition) is 7. The van der Waals surface area contributed by atoms with Crippen LogP contribution in [-0.4, -0.2) is 89.1 Å². The molecule has 0 unspecified atom stereocenters. The van der Waals surface area contributed by atoms with Gasteiger partial charge in [0.25, 0.3) is 0 Å². The number of hydrogen-bond donors (Lipinski definition) is 1. The zero-order valence-electron chi connectivity index (χ0n) is 21.3. The van der Waals surface area contributed by atoms with Crippen molar-refractivity contribution in [1.29, 1.82) is 0 Å². The van der Waals surface area contributed by atoms with Crippen molar-refractivity contribution in [3.8, 4) is 11.5 Å². The summed E-state index contributed by atoms with van der Waals surface area (Å²) in [6, 6.07) is 10.9. The second-order valence-corrected chi connectivity index (χ2v) is 9.34. The van der Waals surface area contributed by atoms with Crippen molar-refractivity contribution in [1.82, 2.24) is 19.4 Å². The zero-order valence-corrected chi connectivity index (χ0v) is 21.3. The average Bonchev–Trinajstić information content (AvgIpc) is 3.35. The highest BCUT2D eigenvalue weighted by Gasteiger charge is 2.37. The molecule has 0 aliphatic carbocycles. The summed E-state index contributed by atoms with van der Waals surface area (Å²) in [6.45, 7) is 2.42. The number of carbonyl (C=O) groups excluding carboxylic acids is 1. The largest absolute Gasteiger partial charge is 0.492 e. The van der Waals surface area contributed by atoms with Crippen LogP contribution in [0.2, 0.25) is 0 Å². The number of carbonyl (C=O) groups is 1. The molecule has 1 amide bonds. The molecule has 2 heterocycles. The quantitative estimate of drug-likeness (QED) is 0.407. The number of nitrogens with zero attached hydrogens (tertiary/aromatic N) is 4. The predicted molar refractivity (Wildman–Crippen MR) is 135 cm³/mol. The molecular weight excluding hydrogens is 498 g/mol. The number of aromatic nitrogens is 2. The van der Waals surface area contributed by atoms with Crippen molar-refractivity contribution < 1.29 is 32.9 Å². The third-order valence-corrected chi connectivity index (χ3v) is 6.19. The maximum atomic E-state index is 13.6. The maximum Gasteiger partial charge on any atom is 0.248 e. The van der Waals surface area contributed by atoms with E-state index in [-0.39, 0.29) is 38.0 Å². The Morgan fingerprint density at radius 1 is 1.08 bits per heavy atom. The van der Waals surface area contributed by atoms with Gasteiger partial charge in [-0.3, -0.25) is 9.69 Å². The first kappa shape index (κ1) is 27.5. The number of rotatable bonds is 11. The van der Waals surface area contributed by atoms with Gasteiger partial charge in [0.05, 0.1) is 19.4 Å². The second-order valence-electron chi connectivity index (χ2n) is 9.34. The van der Waals surface area contributed by atoms with Crippen molar-refractivity contribution in [2.75, 3.05) is 53.1 Å². The lowest BCUT2D eigenvalue weighted by Crippen LogP contribution is -2.52. The summed E-state index contributed by atoms with van der Waals surface area (Å²) in [5.74, 6) is -1.47. The molecule has 1 aromatic heterocycles. The Hall–Kier alpha value is -3.54. The van der Waals surface area contributed by atoms with Gasteiger partial charge in [-0.25, -0.2) is 13.8 Å². The molecule has 1 fully saturated rings. The molecule has 204 valence electrons. The van der Waals surface area contributed by atoms with E-state index >= 15 is 0 Å². The van der Waals surface area contributed by atoms with Crippen molar-refractivity contribution in [3.05, 3.63) is 78.4 Å². The first-order valence-electron chi connectivity index (χ1n) is 12.3. The molecule has 3 aromatic rings. The minimum absolute atomic E-state index is 0.00672. The summed E-state index contributed by atoms with van der Waals surface area (Å²) in [5.41, 5.74) is -0.491. The Balaban J connectivity index is 1.43. The molecule has 1 atom stereocenters. The van der Waals surface area contributed by atoms with Crippen LogP contribution in [0, 0.1) is 11.6 Å². The van der Waals surface area contributed by atoms with Crippen LogP contribution >= 0.6 is 0 Å². The molecule has 0 saturated carbocycles. The third kappa shape index (κ3) is 7.73. The average molecular weight is 531 g/mol.